The first-order valence-corrected chi connectivity index (χ1v) is 5.57. The van der Waals surface area contributed by atoms with Gasteiger partial charge in [0.25, 0.3) is 0 Å². The van der Waals surface area contributed by atoms with E-state index in [2.05, 4.69) is 10.1 Å². The summed E-state index contributed by atoms with van der Waals surface area (Å²) >= 11 is 0. The predicted molar refractivity (Wildman–Crippen MR) is 66.7 cm³/mol. The lowest BCUT2D eigenvalue weighted by atomic mass is 10.1. The molecule has 0 radical (unpaired) electrons. The van der Waals surface area contributed by atoms with Crippen molar-refractivity contribution >= 4 is 0 Å². The van der Waals surface area contributed by atoms with Crippen LogP contribution in [0.15, 0.2) is 24.5 Å². The third-order valence-electron chi connectivity index (χ3n) is 2.48. The van der Waals surface area contributed by atoms with Crippen molar-refractivity contribution in [2.75, 3.05) is 7.11 Å². The van der Waals surface area contributed by atoms with Crippen LogP contribution in [0, 0.1) is 0 Å². The number of hydrogen-bond donors (Lipinski definition) is 1. The quantitative estimate of drug-likeness (QED) is 0.890. The van der Waals surface area contributed by atoms with Crippen LogP contribution in [0.3, 0.4) is 0 Å². The van der Waals surface area contributed by atoms with Gasteiger partial charge in [-0.15, -0.1) is 5.10 Å². The first-order valence-electron chi connectivity index (χ1n) is 5.57. The average molecular weight is 248 g/mol. The molecule has 0 fully saturated rings. The fraction of sp³-hybridized carbons (Fsp3) is 0.333. The first-order chi connectivity index (χ1) is 8.61. The maximum Gasteiger partial charge on any atom is 0.340 e. The van der Waals surface area contributed by atoms with E-state index in [-0.39, 0.29) is 12.1 Å². The maximum absolute atomic E-state index is 5.94. The Labute approximate surface area is 105 Å². The molecule has 18 heavy (non-hydrogen) atoms. The summed E-state index contributed by atoms with van der Waals surface area (Å²) < 4.78 is 12.5. The molecule has 2 N–H and O–H groups in total. The highest BCUT2D eigenvalue weighted by Gasteiger charge is 2.16. The molecule has 96 valence electrons. The molecule has 0 aliphatic rings. The monoisotopic (exact) mass is 248 g/mol. The van der Waals surface area contributed by atoms with Crippen molar-refractivity contribution in [3.05, 3.63) is 30.1 Å². The van der Waals surface area contributed by atoms with Gasteiger partial charge >= 0.3 is 6.01 Å². The summed E-state index contributed by atoms with van der Waals surface area (Å²) in [5, 5.41) is 4.06. The Bertz CT molecular complexity index is 537. The van der Waals surface area contributed by atoms with E-state index in [1.807, 2.05) is 25.1 Å². The van der Waals surface area contributed by atoms with Gasteiger partial charge in [0.15, 0.2) is 0 Å². The van der Waals surface area contributed by atoms with Crippen molar-refractivity contribution < 1.29 is 9.47 Å². The van der Waals surface area contributed by atoms with Crippen LogP contribution in [-0.2, 0) is 7.05 Å². The largest absolute Gasteiger partial charge is 0.496 e. The highest BCUT2D eigenvalue weighted by Crippen LogP contribution is 2.34. The number of aromatic nitrogens is 3. The molecule has 2 rings (SSSR count). The lowest BCUT2D eigenvalue weighted by molar-refractivity contribution is 0.391. The van der Waals surface area contributed by atoms with E-state index in [0.29, 0.717) is 11.5 Å². The predicted octanol–water partition coefficient (Wildman–Crippen LogP) is 1.64. The molecule has 6 heteroatoms. The minimum atomic E-state index is -0.208. The Morgan fingerprint density at radius 1 is 1.33 bits per heavy atom. The van der Waals surface area contributed by atoms with Gasteiger partial charge in [0, 0.05) is 13.1 Å². The third kappa shape index (κ3) is 2.43. The molecule has 0 saturated heterocycles. The molecule has 1 unspecified atom stereocenters. The minimum absolute atomic E-state index is 0.208. The number of nitrogens with two attached hydrogens (primary N) is 1. The second-order valence-electron chi connectivity index (χ2n) is 3.96. The van der Waals surface area contributed by atoms with Gasteiger partial charge in [-0.05, 0) is 19.1 Å². The van der Waals surface area contributed by atoms with Gasteiger partial charge in [-0.25, -0.2) is 0 Å². The first kappa shape index (κ1) is 12.4. The summed E-state index contributed by atoms with van der Waals surface area (Å²) in [4.78, 5) is 4.01. The van der Waals surface area contributed by atoms with Crippen LogP contribution in [0.1, 0.15) is 18.5 Å². The van der Waals surface area contributed by atoms with Gasteiger partial charge in [0.2, 0.25) is 0 Å². The van der Waals surface area contributed by atoms with Gasteiger partial charge < -0.3 is 15.2 Å². The second-order valence-corrected chi connectivity index (χ2v) is 3.96. The van der Waals surface area contributed by atoms with Crippen molar-refractivity contribution in [1.29, 1.82) is 0 Å². The zero-order valence-corrected chi connectivity index (χ0v) is 10.6. The molecule has 1 heterocycles. The number of hydrogen-bond acceptors (Lipinski definition) is 5. The highest BCUT2D eigenvalue weighted by atomic mass is 16.5. The van der Waals surface area contributed by atoms with Crippen molar-refractivity contribution in [2.24, 2.45) is 12.8 Å². The smallest absolute Gasteiger partial charge is 0.340 e. The lowest BCUT2D eigenvalue weighted by Crippen LogP contribution is -2.09. The molecular weight excluding hydrogens is 232 g/mol. The summed E-state index contributed by atoms with van der Waals surface area (Å²) in [6.45, 7) is 1.87. The van der Waals surface area contributed by atoms with Gasteiger partial charge in [0.05, 0.1) is 12.7 Å². The van der Waals surface area contributed by atoms with Crippen molar-refractivity contribution in [2.45, 2.75) is 13.0 Å². The number of methoxy groups -OCH3 is 1. The minimum Gasteiger partial charge on any atom is -0.496 e. The number of nitrogens with zero attached hydrogens (tertiary/aromatic N) is 3. The van der Waals surface area contributed by atoms with E-state index in [0.717, 1.165) is 5.56 Å². The van der Waals surface area contributed by atoms with Gasteiger partial charge in [-0.2, -0.15) is 4.98 Å². The van der Waals surface area contributed by atoms with Crippen molar-refractivity contribution in [1.82, 2.24) is 14.8 Å². The van der Waals surface area contributed by atoms with E-state index >= 15 is 0 Å². The normalized spacial score (nSPS) is 12.2. The Hall–Kier alpha value is -2.08. The summed E-state index contributed by atoms with van der Waals surface area (Å²) in [6.07, 6.45) is 1.57. The molecule has 0 aliphatic carbocycles. The number of rotatable bonds is 4. The van der Waals surface area contributed by atoms with Crippen LogP contribution in [0.5, 0.6) is 17.5 Å². The molecule has 6 nitrogen and oxygen atoms in total. The molecule has 1 aromatic heterocycles. The average Bonchev–Trinajstić information content (AvgIpc) is 2.74. The SMILES string of the molecule is COc1cccc(Oc2ncn(C)n2)c1C(C)N. The zero-order chi connectivity index (χ0) is 13.1. The fourth-order valence-electron chi connectivity index (χ4n) is 1.70. The lowest BCUT2D eigenvalue weighted by Gasteiger charge is -2.15. The maximum atomic E-state index is 5.94. The Morgan fingerprint density at radius 2 is 2.06 bits per heavy atom. The molecule has 2 aromatic rings. The molecule has 0 aliphatic heterocycles. The molecule has 1 aromatic carbocycles. The van der Waals surface area contributed by atoms with E-state index < -0.39 is 0 Å². The standard InChI is InChI=1S/C12H16N4O2/c1-8(13)11-9(17-3)5-4-6-10(11)18-12-14-7-16(2)15-12/h4-8H,13H2,1-3H3. The number of aryl methyl sites for hydroxylation is 1. The summed E-state index contributed by atoms with van der Waals surface area (Å²) in [5.41, 5.74) is 6.74. The van der Waals surface area contributed by atoms with Gasteiger partial charge in [0.1, 0.15) is 17.8 Å². The molecular formula is C12H16N4O2. The van der Waals surface area contributed by atoms with Crippen LogP contribution in [-0.4, -0.2) is 21.9 Å². The van der Waals surface area contributed by atoms with Gasteiger partial charge in [-0.3, -0.25) is 4.68 Å². The van der Waals surface area contributed by atoms with Crippen LogP contribution >= 0.6 is 0 Å². The fourth-order valence-corrected chi connectivity index (χ4v) is 1.70. The Kier molecular flexibility index (Phi) is 3.47. The van der Waals surface area contributed by atoms with E-state index in [1.165, 1.54) is 0 Å². The topological polar surface area (TPSA) is 75.2 Å². The van der Waals surface area contributed by atoms with Crippen LogP contribution in [0.4, 0.5) is 0 Å². The van der Waals surface area contributed by atoms with E-state index in [4.69, 9.17) is 15.2 Å². The number of benzene rings is 1. The summed E-state index contributed by atoms with van der Waals surface area (Å²) in [5.74, 6) is 1.30. The molecule has 0 saturated carbocycles. The van der Waals surface area contributed by atoms with E-state index in [1.54, 1.807) is 25.2 Å². The number of ether oxygens (including phenoxy) is 2. The second kappa shape index (κ2) is 5.05. The third-order valence-corrected chi connectivity index (χ3v) is 2.48. The Morgan fingerprint density at radius 3 is 2.61 bits per heavy atom. The van der Waals surface area contributed by atoms with Crippen molar-refractivity contribution in [3.63, 3.8) is 0 Å². The highest BCUT2D eigenvalue weighted by molar-refractivity contribution is 5.47. The van der Waals surface area contributed by atoms with Gasteiger partial charge in [-0.1, -0.05) is 6.07 Å². The molecule has 0 bridgehead atoms. The molecule has 0 amide bonds. The van der Waals surface area contributed by atoms with Crippen LogP contribution in [0.2, 0.25) is 0 Å². The van der Waals surface area contributed by atoms with Crippen LogP contribution < -0.4 is 15.2 Å². The van der Waals surface area contributed by atoms with Crippen LogP contribution in [0.25, 0.3) is 0 Å². The van der Waals surface area contributed by atoms with E-state index in [9.17, 15) is 0 Å². The molecule has 1 atom stereocenters. The summed E-state index contributed by atoms with van der Waals surface area (Å²) in [6, 6.07) is 5.57. The zero-order valence-electron chi connectivity index (χ0n) is 10.6. The molecule has 0 spiro atoms. The Balaban J connectivity index is 2.37. The summed E-state index contributed by atoms with van der Waals surface area (Å²) in [7, 11) is 3.38. The van der Waals surface area contributed by atoms with Crippen molar-refractivity contribution in [3.8, 4) is 17.5 Å².